The molecule has 0 bridgehead atoms. The molecule has 3 aromatic rings. The van der Waals surface area contributed by atoms with E-state index in [4.69, 9.17) is 0 Å². The summed E-state index contributed by atoms with van der Waals surface area (Å²) in [5.74, 6) is 1.92. The lowest BCUT2D eigenvalue weighted by Gasteiger charge is -2.37. The molecule has 0 spiro atoms. The van der Waals surface area contributed by atoms with Gasteiger partial charge in [0.25, 0.3) is 0 Å². The van der Waals surface area contributed by atoms with E-state index in [0.717, 1.165) is 56.6 Å². The molecule has 1 fully saturated rings. The highest BCUT2D eigenvalue weighted by molar-refractivity contribution is 14.0. The summed E-state index contributed by atoms with van der Waals surface area (Å²) in [6, 6.07) is 14.7. The number of aromatic nitrogens is 3. The van der Waals surface area contributed by atoms with Gasteiger partial charge in [-0.3, -0.25) is 9.39 Å². The Labute approximate surface area is 188 Å². The van der Waals surface area contributed by atoms with Gasteiger partial charge in [-0.15, -0.1) is 34.2 Å². The van der Waals surface area contributed by atoms with Gasteiger partial charge < -0.3 is 15.1 Å². The Morgan fingerprint density at radius 2 is 1.90 bits per heavy atom. The second kappa shape index (κ2) is 9.91. The standard InChI is InChI=1S/C21H27N7.HI/c1-17-6-5-7-18(16-17)26-12-14-27(15-13-26)21(22-2)23-10-9-20-25-24-19-8-3-4-11-28(19)20;/h3-8,11,16H,9-10,12-15H2,1-2H3,(H,22,23);1H. The maximum absolute atomic E-state index is 4.47. The summed E-state index contributed by atoms with van der Waals surface area (Å²) in [5, 5.41) is 12.0. The number of rotatable bonds is 4. The van der Waals surface area contributed by atoms with Crippen molar-refractivity contribution in [2.75, 3.05) is 44.7 Å². The highest BCUT2D eigenvalue weighted by Crippen LogP contribution is 2.17. The van der Waals surface area contributed by atoms with E-state index in [1.165, 1.54) is 11.3 Å². The van der Waals surface area contributed by atoms with Crippen LogP contribution in [-0.4, -0.2) is 65.2 Å². The van der Waals surface area contributed by atoms with Crippen molar-refractivity contribution in [2.45, 2.75) is 13.3 Å². The number of fused-ring (bicyclic) bond motifs is 1. The first-order valence-electron chi connectivity index (χ1n) is 9.80. The molecule has 8 heteroatoms. The molecule has 0 unspecified atom stereocenters. The first-order chi connectivity index (χ1) is 13.7. The van der Waals surface area contributed by atoms with E-state index in [-0.39, 0.29) is 24.0 Å². The molecule has 29 heavy (non-hydrogen) atoms. The van der Waals surface area contributed by atoms with Crippen LogP contribution in [0.15, 0.2) is 53.7 Å². The number of aryl methyl sites for hydroxylation is 1. The third kappa shape index (κ3) is 4.98. The number of pyridine rings is 1. The van der Waals surface area contributed by atoms with Crippen molar-refractivity contribution in [3.63, 3.8) is 0 Å². The van der Waals surface area contributed by atoms with Gasteiger partial charge in [0.1, 0.15) is 5.82 Å². The van der Waals surface area contributed by atoms with Crippen molar-refractivity contribution in [2.24, 2.45) is 4.99 Å². The Balaban J connectivity index is 0.00000240. The van der Waals surface area contributed by atoms with Crippen LogP contribution >= 0.6 is 24.0 Å². The number of benzene rings is 1. The molecule has 1 N–H and O–H groups in total. The molecule has 2 aromatic heterocycles. The van der Waals surface area contributed by atoms with Crippen LogP contribution in [0, 0.1) is 6.92 Å². The molecule has 0 amide bonds. The summed E-state index contributed by atoms with van der Waals surface area (Å²) in [7, 11) is 1.85. The van der Waals surface area contributed by atoms with Gasteiger partial charge in [-0.1, -0.05) is 18.2 Å². The number of nitrogens with one attached hydrogen (secondary N) is 1. The van der Waals surface area contributed by atoms with Gasteiger partial charge in [-0.2, -0.15) is 0 Å². The third-order valence-electron chi connectivity index (χ3n) is 5.17. The molecule has 0 radical (unpaired) electrons. The molecule has 154 valence electrons. The van der Waals surface area contributed by atoms with Crippen LogP contribution in [0.5, 0.6) is 0 Å². The zero-order chi connectivity index (χ0) is 19.3. The number of halogens is 1. The number of piperazine rings is 1. The molecular formula is C21H28IN7. The lowest BCUT2D eigenvalue weighted by molar-refractivity contribution is 0.373. The van der Waals surface area contributed by atoms with Gasteiger partial charge in [0, 0.05) is 58.1 Å². The minimum Gasteiger partial charge on any atom is -0.368 e. The summed E-state index contributed by atoms with van der Waals surface area (Å²) < 4.78 is 2.03. The van der Waals surface area contributed by atoms with Crippen LogP contribution in [0.2, 0.25) is 0 Å². The van der Waals surface area contributed by atoms with Gasteiger partial charge in [0.2, 0.25) is 0 Å². The van der Waals surface area contributed by atoms with Gasteiger partial charge in [-0.05, 0) is 36.8 Å². The minimum atomic E-state index is 0. The topological polar surface area (TPSA) is 61.1 Å². The fourth-order valence-electron chi connectivity index (χ4n) is 3.68. The van der Waals surface area contributed by atoms with Crippen LogP contribution in [0.4, 0.5) is 5.69 Å². The van der Waals surface area contributed by atoms with Crippen LogP contribution in [0.3, 0.4) is 0 Å². The Morgan fingerprint density at radius 3 is 2.66 bits per heavy atom. The molecule has 1 aliphatic rings. The fraction of sp³-hybridized carbons (Fsp3) is 0.381. The van der Waals surface area contributed by atoms with E-state index in [2.05, 4.69) is 61.5 Å². The number of hydrogen-bond donors (Lipinski definition) is 1. The zero-order valence-corrected chi connectivity index (χ0v) is 19.3. The molecule has 7 nitrogen and oxygen atoms in total. The Morgan fingerprint density at radius 1 is 1.07 bits per heavy atom. The summed E-state index contributed by atoms with van der Waals surface area (Å²) in [4.78, 5) is 9.25. The van der Waals surface area contributed by atoms with Crippen molar-refractivity contribution in [3.05, 3.63) is 60.0 Å². The normalized spacial score (nSPS) is 14.8. The lowest BCUT2D eigenvalue weighted by atomic mass is 10.2. The maximum atomic E-state index is 4.47. The highest BCUT2D eigenvalue weighted by atomic mass is 127. The molecule has 0 atom stereocenters. The second-order valence-electron chi connectivity index (χ2n) is 7.08. The van der Waals surface area contributed by atoms with Gasteiger partial charge in [-0.25, -0.2) is 0 Å². The molecule has 3 heterocycles. The van der Waals surface area contributed by atoms with Crippen molar-refractivity contribution in [1.29, 1.82) is 0 Å². The minimum absolute atomic E-state index is 0. The van der Waals surface area contributed by atoms with Crippen LogP contribution < -0.4 is 10.2 Å². The maximum Gasteiger partial charge on any atom is 0.193 e. The van der Waals surface area contributed by atoms with E-state index >= 15 is 0 Å². The largest absolute Gasteiger partial charge is 0.368 e. The van der Waals surface area contributed by atoms with Gasteiger partial charge in [0.15, 0.2) is 11.6 Å². The summed E-state index contributed by atoms with van der Waals surface area (Å²) >= 11 is 0. The highest BCUT2D eigenvalue weighted by Gasteiger charge is 2.19. The predicted molar refractivity (Wildman–Crippen MR) is 128 cm³/mol. The van der Waals surface area contributed by atoms with Crippen LogP contribution in [0.1, 0.15) is 11.4 Å². The summed E-state index contributed by atoms with van der Waals surface area (Å²) in [6.07, 6.45) is 2.80. The quantitative estimate of drug-likeness (QED) is 0.336. The van der Waals surface area contributed by atoms with Crippen molar-refractivity contribution >= 4 is 41.3 Å². The van der Waals surface area contributed by atoms with Gasteiger partial charge in [0.05, 0.1) is 0 Å². The Bertz CT molecular complexity index is 960. The molecule has 1 saturated heterocycles. The van der Waals surface area contributed by atoms with Gasteiger partial charge >= 0.3 is 0 Å². The van der Waals surface area contributed by atoms with Crippen LogP contribution in [0.25, 0.3) is 5.65 Å². The van der Waals surface area contributed by atoms with Crippen molar-refractivity contribution < 1.29 is 0 Å². The average Bonchev–Trinajstić information content (AvgIpc) is 3.15. The van der Waals surface area contributed by atoms with Crippen LogP contribution in [-0.2, 0) is 6.42 Å². The monoisotopic (exact) mass is 505 g/mol. The third-order valence-corrected chi connectivity index (χ3v) is 5.17. The fourth-order valence-corrected chi connectivity index (χ4v) is 3.68. The first-order valence-corrected chi connectivity index (χ1v) is 9.80. The lowest BCUT2D eigenvalue weighted by Crippen LogP contribution is -2.52. The SMILES string of the molecule is CN=C(NCCc1nnc2ccccn12)N1CCN(c2cccc(C)c2)CC1.I. The molecule has 1 aliphatic heterocycles. The summed E-state index contributed by atoms with van der Waals surface area (Å²) in [5.41, 5.74) is 3.49. The van der Waals surface area contributed by atoms with E-state index in [1.54, 1.807) is 0 Å². The summed E-state index contributed by atoms with van der Waals surface area (Å²) in [6.45, 7) is 6.84. The average molecular weight is 505 g/mol. The number of aliphatic imine (C=N–C) groups is 1. The van der Waals surface area contributed by atoms with Crippen molar-refractivity contribution in [1.82, 2.24) is 24.8 Å². The number of guanidine groups is 1. The molecule has 1 aromatic carbocycles. The first kappa shape index (κ1) is 21.4. The second-order valence-corrected chi connectivity index (χ2v) is 7.08. The Hall–Kier alpha value is -2.36. The molecule has 0 saturated carbocycles. The zero-order valence-electron chi connectivity index (χ0n) is 17.0. The smallest absolute Gasteiger partial charge is 0.193 e. The number of anilines is 1. The molecule has 4 rings (SSSR count). The number of nitrogens with zero attached hydrogens (tertiary/aromatic N) is 6. The van der Waals surface area contributed by atoms with E-state index in [9.17, 15) is 0 Å². The van der Waals surface area contributed by atoms with Crippen molar-refractivity contribution in [3.8, 4) is 0 Å². The Kier molecular flexibility index (Phi) is 7.29. The van der Waals surface area contributed by atoms with E-state index in [1.807, 2.05) is 35.8 Å². The van der Waals surface area contributed by atoms with E-state index in [0.29, 0.717) is 0 Å². The molecule has 0 aliphatic carbocycles. The molecular weight excluding hydrogens is 477 g/mol. The number of hydrogen-bond acceptors (Lipinski definition) is 4. The predicted octanol–water partition coefficient (Wildman–Crippen LogP) is 2.60. The van der Waals surface area contributed by atoms with E-state index < -0.39 is 0 Å².